The molecule has 8 heteroatoms. The Kier molecular flexibility index (Phi) is 6.91. The van der Waals surface area contributed by atoms with Crippen molar-refractivity contribution in [2.75, 3.05) is 0 Å². The molecule has 1 aromatic carbocycles. The van der Waals surface area contributed by atoms with Gasteiger partial charge in [0.2, 0.25) is 0 Å². The number of nitrogens with zero attached hydrogens (tertiary/aromatic N) is 2. The summed E-state index contributed by atoms with van der Waals surface area (Å²) < 4.78 is 14.5. The normalized spacial score (nSPS) is 17.2. The number of nitrogens with two attached hydrogens (primary N) is 2. The van der Waals surface area contributed by atoms with Crippen LogP contribution in [0.2, 0.25) is 5.02 Å². The van der Waals surface area contributed by atoms with Crippen LogP contribution in [0.4, 0.5) is 10.1 Å². The van der Waals surface area contributed by atoms with Gasteiger partial charge in [0.15, 0.2) is 0 Å². The van der Waals surface area contributed by atoms with E-state index >= 15 is 0 Å². The second-order valence-corrected chi connectivity index (χ2v) is 8.00. The topological polar surface area (TPSA) is 92.6 Å². The van der Waals surface area contributed by atoms with Crippen LogP contribution < -0.4 is 11.5 Å². The van der Waals surface area contributed by atoms with Crippen LogP contribution in [0.3, 0.4) is 0 Å². The first-order chi connectivity index (χ1) is 13.5. The number of hydrogen-bond donors (Lipinski definition) is 3. The predicted octanol–water partition coefficient (Wildman–Crippen LogP) is 5.22. The van der Waals surface area contributed by atoms with Gasteiger partial charge in [-0.3, -0.25) is 4.99 Å². The highest BCUT2D eigenvalue weighted by atomic mass is 79.9. The van der Waals surface area contributed by atoms with E-state index in [1.54, 1.807) is 0 Å². The number of halogens is 3. The van der Waals surface area contributed by atoms with Crippen molar-refractivity contribution < 1.29 is 4.39 Å². The van der Waals surface area contributed by atoms with Crippen molar-refractivity contribution in [2.45, 2.75) is 38.1 Å². The molecular formula is C20H22BrClFN5. The van der Waals surface area contributed by atoms with E-state index in [0.29, 0.717) is 16.3 Å². The van der Waals surface area contributed by atoms with Gasteiger partial charge in [0.25, 0.3) is 0 Å². The van der Waals surface area contributed by atoms with Gasteiger partial charge in [-0.1, -0.05) is 30.9 Å². The third-order valence-electron chi connectivity index (χ3n) is 4.64. The van der Waals surface area contributed by atoms with Gasteiger partial charge < -0.3 is 16.5 Å². The highest BCUT2D eigenvalue weighted by molar-refractivity contribution is 9.10. The molecule has 5 nitrogen and oxygen atoms in total. The monoisotopic (exact) mass is 465 g/mol. The minimum atomic E-state index is -0.446. The number of aromatic nitrogens is 1. The Labute approximate surface area is 176 Å². The number of aliphatic imine (C=N–C) groups is 2. The van der Waals surface area contributed by atoms with Gasteiger partial charge >= 0.3 is 0 Å². The van der Waals surface area contributed by atoms with E-state index in [1.807, 2.05) is 12.3 Å². The van der Waals surface area contributed by atoms with E-state index in [-0.39, 0.29) is 17.6 Å². The zero-order chi connectivity index (χ0) is 20.1. The highest BCUT2D eigenvalue weighted by Gasteiger charge is 2.20. The molecule has 0 radical (unpaired) electrons. The average molecular weight is 467 g/mol. The molecule has 2 aromatic rings. The van der Waals surface area contributed by atoms with Crippen LogP contribution in [-0.4, -0.2) is 22.6 Å². The maximum Gasteiger partial charge on any atom is 0.135 e. The second kappa shape index (κ2) is 9.39. The summed E-state index contributed by atoms with van der Waals surface area (Å²) in [6, 6.07) is 6.05. The maximum atomic E-state index is 13.6. The van der Waals surface area contributed by atoms with Crippen LogP contribution in [0.15, 0.2) is 56.7 Å². The molecule has 0 atom stereocenters. The van der Waals surface area contributed by atoms with Crippen molar-refractivity contribution in [3.63, 3.8) is 0 Å². The summed E-state index contributed by atoms with van der Waals surface area (Å²) in [5.74, 6) is -0.325. The van der Waals surface area contributed by atoms with Crippen LogP contribution >= 0.6 is 27.5 Å². The van der Waals surface area contributed by atoms with Crippen LogP contribution in [0.25, 0.3) is 0 Å². The van der Waals surface area contributed by atoms with E-state index in [4.69, 9.17) is 28.1 Å². The fourth-order valence-electron chi connectivity index (χ4n) is 3.23. The first-order valence-corrected chi connectivity index (χ1v) is 10.3. The molecule has 1 heterocycles. The van der Waals surface area contributed by atoms with Crippen molar-refractivity contribution in [3.8, 4) is 0 Å². The van der Waals surface area contributed by atoms with Gasteiger partial charge in [0.05, 0.1) is 33.7 Å². The SMILES string of the molecule is NC=C(C(N)=Nc1cc(F)ccc1Cl)C(=NC1CCCCC1)c1cc(Br)c[nH]1. The number of benzene rings is 1. The van der Waals surface area contributed by atoms with E-state index < -0.39 is 5.82 Å². The number of nitrogens with one attached hydrogen (secondary N) is 1. The number of hydrogen-bond acceptors (Lipinski definition) is 3. The van der Waals surface area contributed by atoms with E-state index in [2.05, 4.69) is 25.9 Å². The van der Waals surface area contributed by atoms with Gasteiger partial charge in [0.1, 0.15) is 11.7 Å². The lowest BCUT2D eigenvalue weighted by atomic mass is 9.95. The minimum absolute atomic E-state index is 0.121. The maximum absolute atomic E-state index is 13.6. The Morgan fingerprint density at radius 1 is 1.25 bits per heavy atom. The fourth-order valence-corrected chi connectivity index (χ4v) is 3.73. The molecule has 1 aliphatic carbocycles. The van der Waals surface area contributed by atoms with Crippen LogP contribution in [-0.2, 0) is 0 Å². The molecule has 1 fully saturated rings. The molecule has 0 amide bonds. The highest BCUT2D eigenvalue weighted by Crippen LogP contribution is 2.27. The molecule has 0 unspecified atom stereocenters. The summed E-state index contributed by atoms with van der Waals surface area (Å²) in [7, 11) is 0. The summed E-state index contributed by atoms with van der Waals surface area (Å²) in [6.45, 7) is 0. The zero-order valence-corrected chi connectivity index (χ0v) is 17.6. The lowest BCUT2D eigenvalue weighted by Gasteiger charge is -2.20. The number of H-pyrrole nitrogens is 1. The molecule has 28 heavy (non-hydrogen) atoms. The van der Waals surface area contributed by atoms with Crippen molar-refractivity contribution in [1.82, 2.24) is 4.98 Å². The number of amidine groups is 1. The van der Waals surface area contributed by atoms with Gasteiger partial charge in [-0.05, 0) is 47.0 Å². The Hall–Kier alpha value is -2.12. The third-order valence-corrected chi connectivity index (χ3v) is 5.41. The molecule has 0 saturated heterocycles. The first kappa shape index (κ1) is 20.6. The van der Waals surface area contributed by atoms with Gasteiger partial charge in [-0.15, -0.1) is 0 Å². The second-order valence-electron chi connectivity index (χ2n) is 6.67. The molecule has 5 N–H and O–H groups in total. The summed E-state index contributed by atoms with van der Waals surface area (Å²) in [6.07, 6.45) is 8.78. The van der Waals surface area contributed by atoms with E-state index in [9.17, 15) is 4.39 Å². The van der Waals surface area contributed by atoms with E-state index in [1.165, 1.54) is 30.8 Å². The molecule has 1 aromatic heterocycles. The average Bonchev–Trinajstić information content (AvgIpc) is 3.11. The number of aromatic amines is 1. The molecule has 0 aliphatic heterocycles. The number of rotatable bonds is 5. The first-order valence-electron chi connectivity index (χ1n) is 9.12. The zero-order valence-electron chi connectivity index (χ0n) is 15.3. The van der Waals surface area contributed by atoms with Crippen LogP contribution in [0.5, 0.6) is 0 Å². The largest absolute Gasteiger partial charge is 0.404 e. The minimum Gasteiger partial charge on any atom is -0.404 e. The van der Waals surface area contributed by atoms with Crippen molar-refractivity contribution in [1.29, 1.82) is 0 Å². The Balaban J connectivity index is 2.02. The third kappa shape index (κ3) is 5.02. The molecule has 0 bridgehead atoms. The van der Waals surface area contributed by atoms with Crippen LogP contribution in [0, 0.1) is 5.82 Å². The summed E-state index contributed by atoms with van der Waals surface area (Å²) in [5.41, 5.74) is 14.3. The summed E-state index contributed by atoms with van der Waals surface area (Å²) in [4.78, 5) is 12.4. The Morgan fingerprint density at radius 2 is 2.00 bits per heavy atom. The van der Waals surface area contributed by atoms with Gasteiger partial charge in [-0.2, -0.15) is 0 Å². The summed E-state index contributed by atoms with van der Waals surface area (Å²) >= 11 is 9.57. The van der Waals surface area contributed by atoms with Crippen LogP contribution in [0.1, 0.15) is 37.8 Å². The van der Waals surface area contributed by atoms with Crippen molar-refractivity contribution >= 4 is 44.8 Å². The molecule has 148 valence electrons. The lowest BCUT2D eigenvalue weighted by molar-refractivity contribution is 0.443. The predicted molar refractivity (Wildman–Crippen MR) is 117 cm³/mol. The quantitative estimate of drug-likeness (QED) is 0.416. The molecule has 1 aliphatic rings. The fraction of sp³-hybridized carbons (Fsp3) is 0.300. The lowest BCUT2D eigenvalue weighted by Crippen LogP contribution is -2.25. The molecule has 0 spiro atoms. The van der Waals surface area contributed by atoms with Crippen molar-refractivity contribution in [3.05, 3.63) is 63.2 Å². The smallest absolute Gasteiger partial charge is 0.135 e. The van der Waals surface area contributed by atoms with Crippen molar-refractivity contribution in [2.24, 2.45) is 21.5 Å². The molecular weight excluding hydrogens is 445 g/mol. The summed E-state index contributed by atoms with van der Waals surface area (Å²) in [5, 5.41) is 0.300. The van der Waals surface area contributed by atoms with Gasteiger partial charge in [-0.25, -0.2) is 9.38 Å². The standard InChI is InChI=1S/C20H22BrClFN5/c21-12-8-18(26-11-12)19(27-14-4-2-1-3-5-14)15(10-24)20(25)28-17-9-13(23)6-7-16(17)22/h6-11,14,26H,1-5,24H2,(H2,25,28). The molecule has 1 saturated carbocycles. The Bertz CT molecular complexity index is 928. The van der Waals surface area contributed by atoms with Gasteiger partial charge in [0, 0.05) is 22.9 Å². The Morgan fingerprint density at radius 3 is 2.64 bits per heavy atom. The van der Waals surface area contributed by atoms with E-state index in [0.717, 1.165) is 35.8 Å². The molecule has 3 rings (SSSR count).